The Morgan fingerprint density at radius 1 is 1.25 bits per heavy atom. The van der Waals surface area contributed by atoms with Crippen LogP contribution in [0.15, 0.2) is 11.1 Å². The van der Waals surface area contributed by atoms with Crippen molar-refractivity contribution in [2.24, 2.45) is 17.3 Å². The van der Waals surface area contributed by atoms with Crippen molar-refractivity contribution >= 4 is 8.07 Å². The Bertz CT molecular complexity index is 452. The molecule has 0 aromatic carbocycles. The van der Waals surface area contributed by atoms with Crippen molar-refractivity contribution in [3.8, 4) is 0 Å². The van der Waals surface area contributed by atoms with Gasteiger partial charge in [0.15, 0.2) is 0 Å². The summed E-state index contributed by atoms with van der Waals surface area (Å²) in [5, 5.41) is 9.76. The standard InChI is InChI=1S/C20H38O3Si/c1-15(2)19-16(13-21)9-10-20(3)17(19)7-8-18(20)23-14-22-11-12-24(4,5)6/h15-16,18,21H,7-14H2,1-6H3/t16?,18-,20-/m0/s1. The predicted octanol–water partition coefficient (Wildman–Crippen LogP) is 4.84. The van der Waals surface area contributed by atoms with Crippen LogP contribution in [0.5, 0.6) is 0 Å². The van der Waals surface area contributed by atoms with Crippen molar-refractivity contribution in [2.75, 3.05) is 20.0 Å². The molecule has 0 saturated heterocycles. The lowest BCUT2D eigenvalue weighted by Crippen LogP contribution is -2.37. The van der Waals surface area contributed by atoms with Crippen LogP contribution < -0.4 is 0 Å². The van der Waals surface area contributed by atoms with Crippen molar-refractivity contribution in [3.05, 3.63) is 11.1 Å². The summed E-state index contributed by atoms with van der Waals surface area (Å²) in [5.41, 5.74) is 3.24. The number of aliphatic hydroxyl groups is 1. The molecule has 0 radical (unpaired) electrons. The maximum absolute atomic E-state index is 9.76. The van der Waals surface area contributed by atoms with E-state index in [1.807, 2.05) is 0 Å². The molecule has 1 saturated carbocycles. The van der Waals surface area contributed by atoms with E-state index < -0.39 is 8.07 Å². The van der Waals surface area contributed by atoms with Gasteiger partial charge >= 0.3 is 0 Å². The smallest absolute Gasteiger partial charge is 0.147 e. The summed E-state index contributed by atoms with van der Waals surface area (Å²) in [6.07, 6.45) is 4.70. The molecule has 0 aliphatic heterocycles. The summed E-state index contributed by atoms with van der Waals surface area (Å²) in [7, 11) is -1.03. The number of ether oxygens (including phenoxy) is 2. The van der Waals surface area contributed by atoms with Crippen molar-refractivity contribution in [1.82, 2.24) is 0 Å². The highest BCUT2D eigenvalue weighted by Gasteiger charge is 2.48. The van der Waals surface area contributed by atoms with E-state index in [-0.39, 0.29) is 11.5 Å². The lowest BCUT2D eigenvalue weighted by Gasteiger charge is -2.42. The summed E-state index contributed by atoms with van der Waals surface area (Å²) in [5.74, 6) is 0.878. The van der Waals surface area contributed by atoms with Crippen LogP contribution in [0.2, 0.25) is 25.7 Å². The van der Waals surface area contributed by atoms with E-state index in [9.17, 15) is 5.11 Å². The fourth-order valence-corrected chi connectivity index (χ4v) is 5.34. The third-order valence-electron chi connectivity index (χ3n) is 6.05. The molecule has 4 heteroatoms. The second kappa shape index (κ2) is 8.03. The average Bonchev–Trinajstić information content (AvgIpc) is 2.81. The van der Waals surface area contributed by atoms with Gasteiger partial charge in [-0.1, -0.05) is 51.6 Å². The molecule has 24 heavy (non-hydrogen) atoms. The molecule has 3 atom stereocenters. The van der Waals surface area contributed by atoms with E-state index >= 15 is 0 Å². The first-order valence-corrected chi connectivity index (χ1v) is 13.4. The normalized spacial score (nSPS) is 31.0. The van der Waals surface area contributed by atoms with Crippen LogP contribution in [0.4, 0.5) is 0 Å². The highest BCUT2D eigenvalue weighted by molar-refractivity contribution is 6.76. The van der Waals surface area contributed by atoms with E-state index in [1.165, 1.54) is 11.6 Å². The Balaban J connectivity index is 1.97. The van der Waals surface area contributed by atoms with Gasteiger partial charge in [-0.3, -0.25) is 0 Å². The molecule has 0 bridgehead atoms. The fraction of sp³-hybridized carbons (Fsp3) is 0.900. The van der Waals surface area contributed by atoms with E-state index in [0.717, 1.165) is 32.3 Å². The van der Waals surface area contributed by atoms with Crippen molar-refractivity contribution in [1.29, 1.82) is 0 Å². The van der Waals surface area contributed by atoms with Crippen LogP contribution in [0.3, 0.4) is 0 Å². The second-order valence-electron chi connectivity index (χ2n) is 9.45. The third-order valence-corrected chi connectivity index (χ3v) is 7.75. The minimum absolute atomic E-state index is 0.146. The Labute approximate surface area is 149 Å². The summed E-state index contributed by atoms with van der Waals surface area (Å²) >= 11 is 0. The first kappa shape index (κ1) is 20.2. The minimum atomic E-state index is -1.03. The molecule has 140 valence electrons. The summed E-state index contributed by atoms with van der Waals surface area (Å²) in [4.78, 5) is 0. The molecule has 1 unspecified atom stereocenters. The molecule has 0 heterocycles. The second-order valence-corrected chi connectivity index (χ2v) is 15.1. The van der Waals surface area contributed by atoms with Gasteiger partial charge in [0.25, 0.3) is 0 Å². The Hall–Kier alpha value is -0.163. The van der Waals surface area contributed by atoms with E-state index in [1.54, 1.807) is 5.57 Å². The maximum atomic E-state index is 9.76. The Morgan fingerprint density at radius 2 is 1.96 bits per heavy atom. The van der Waals surface area contributed by atoms with Crippen molar-refractivity contribution in [3.63, 3.8) is 0 Å². The van der Waals surface area contributed by atoms with Gasteiger partial charge in [0.2, 0.25) is 0 Å². The number of rotatable bonds is 8. The maximum Gasteiger partial charge on any atom is 0.147 e. The highest BCUT2D eigenvalue weighted by Crippen LogP contribution is 2.55. The Morgan fingerprint density at radius 3 is 2.54 bits per heavy atom. The van der Waals surface area contributed by atoms with E-state index in [2.05, 4.69) is 40.4 Å². The molecule has 0 amide bonds. The summed E-state index contributed by atoms with van der Waals surface area (Å²) in [6.45, 7) is 15.6. The third kappa shape index (κ3) is 4.51. The van der Waals surface area contributed by atoms with Gasteiger partial charge in [-0.05, 0) is 37.6 Å². The molecule has 2 aliphatic rings. The van der Waals surface area contributed by atoms with E-state index in [4.69, 9.17) is 9.47 Å². The van der Waals surface area contributed by atoms with Crippen LogP contribution in [-0.2, 0) is 9.47 Å². The van der Waals surface area contributed by atoms with Gasteiger partial charge in [0.1, 0.15) is 6.79 Å². The fourth-order valence-electron chi connectivity index (χ4n) is 4.58. The monoisotopic (exact) mass is 354 g/mol. The first-order chi connectivity index (χ1) is 11.2. The SMILES string of the molecule is CC(C)C1=C2CC[C@H](OCOCC[Si](C)(C)C)[C@@]2(C)CCC1CO. The number of aliphatic hydroxyl groups excluding tert-OH is 1. The van der Waals surface area contributed by atoms with Crippen LogP contribution >= 0.6 is 0 Å². The zero-order chi connectivity index (χ0) is 18.0. The molecule has 0 aromatic rings. The molecule has 2 rings (SSSR count). The van der Waals surface area contributed by atoms with Crippen molar-refractivity contribution < 1.29 is 14.6 Å². The quantitative estimate of drug-likeness (QED) is 0.293. The lowest BCUT2D eigenvalue weighted by atomic mass is 9.66. The topological polar surface area (TPSA) is 38.7 Å². The number of fused-ring (bicyclic) bond motifs is 1. The molecule has 0 aromatic heterocycles. The van der Waals surface area contributed by atoms with Gasteiger partial charge in [0, 0.05) is 32.6 Å². The van der Waals surface area contributed by atoms with Gasteiger partial charge in [-0.15, -0.1) is 0 Å². The molecule has 3 nitrogen and oxygen atoms in total. The predicted molar refractivity (Wildman–Crippen MR) is 103 cm³/mol. The molecule has 0 spiro atoms. The number of hydrogen-bond donors (Lipinski definition) is 1. The Kier molecular flexibility index (Phi) is 6.74. The first-order valence-electron chi connectivity index (χ1n) is 9.72. The largest absolute Gasteiger partial charge is 0.396 e. The van der Waals surface area contributed by atoms with Crippen LogP contribution in [0.1, 0.15) is 46.5 Å². The van der Waals surface area contributed by atoms with Crippen LogP contribution in [0.25, 0.3) is 0 Å². The van der Waals surface area contributed by atoms with Crippen molar-refractivity contribution in [2.45, 2.75) is 78.2 Å². The van der Waals surface area contributed by atoms with Gasteiger partial charge in [-0.2, -0.15) is 0 Å². The average molecular weight is 355 g/mol. The molecule has 2 aliphatic carbocycles. The summed E-state index contributed by atoms with van der Waals surface area (Å²) < 4.78 is 12.0. The molecule has 1 N–H and O–H groups in total. The highest BCUT2D eigenvalue weighted by atomic mass is 28.3. The van der Waals surface area contributed by atoms with Gasteiger partial charge in [-0.25, -0.2) is 0 Å². The van der Waals surface area contributed by atoms with E-state index in [0.29, 0.717) is 25.2 Å². The molecular weight excluding hydrogens is 316 g/mol. The van der Waals surface area contributed by atoms with Crippen LogP contribution in [0, 0.1) is 17.3 Å². The van der Waals surface area contributed by atoms with Crippen LogP contribution in [-0.4, -0.2) is 39.3 Å². The molecule has 1 fully saturated rings. The van der Waals surface area contributed by atoms with Gasteiger partial charge < -0.3 is 14.6 Å². The number of hydrogen-bond acceptors (Lipinski definition) is 3. The molecular formula is C20H38O3Si. The summed E-state index contributed by atoms with van der Waals surface area (Å²) in [6, 6.07) is 1.19. The zero-order valence-corrected chi connectivity index (χ0v) is 17.7. The lowest BCUT2D eigenvalue weighted by molar-refractivity contribution is -0.114. The van der Waals surface area contributed by atoms with Gasteiger partial charge in [0.05, 0.1) is 6.10 Å². The zero-order valence-electron chi connectivity index (χ0n) is 16.7. The minimum Gasteiger partial charge on any atom is -0.396 e.